The maximum atomic E-state index is 13.7. The van der Waals surface area contributed by atoms with Gasteiger partial charge in [-0.3, -0.25) is 0 Å². The van der Waals surface area contributed by atoms with Crippen molar-refractivity contribution in [2.24, 2.45) is 0 Å². The summed E-state index contributed by atoms with van der Waals surface area (Å²) in [7, 11) is 0. The highest BCUT2D eigenvalue weighted by Crippen LogP contribution is 2.34. The highest BCUT2D eigenvalue weighted by atomic mass is 79.9. The molecule has 19 heavy (non-hydrogen) atoms. The number of hydrogen-bond donors (Lipinski definition) is 0. The van der Waals surface area contributed by atoms with Crippen LogP contribution < -0.4 is 4.74 Å². The van der Waals surface area contributed by atoms with Crippen LogP contribution in [0.5, 0.6) is 5.75 Å². The van der Waals surface area contributed by atoms with Crippen molar-refractivity contribution in [2.45, 2.75) is 18.2 Å². The van der Waals surface area contributed by atoms with Gasteiger partial charge < -0.3 is 4.74 Å². The lowest BCUT2D eigenvalue weighted by atomic mass is 10.0. The van der Waals surface area contributed by atoms with Crippen molar-refractivity contribution in [2.75, 3.05) is 6.61 Å². The van der Waals surface area contributed by atoms with E-state index in [4.69, 9.17) is 4.74 Å². The first-order chi connectivity index (χ1) is 9.22. The minimum Gasteiger partial charge on any atom is -0.494 e. The Morgan fingerprint density at radius 3 is 2.53 bits per heavy atom. The summed E-state index contributed by atoms with van der Waals surface area (Å²) in [6.07, 6.45) is 0.594. The smallest absolute Gasteiger partial charge is 0.126 e. The van der Waals surface area contributed by atoms with Gasteiger partial charge in [0.05, 0.1) is 6.61 Å². The van der Waals surface area contributed by atoms with Crippen LogP contribution in [-0.4, -0.2) is 6.61 Å². The highest BCUT2D eigenvalue weighted by molar-refractivity contribution is 9.09. The molecule has 1 unspecified atom stereocenters. The van der Waals surface area contributed by atoms with E-state index in [1.165, 1.54) is 6.07 Å². The number of para-hydroxylation sites is 1. The first kappa shape index (κ1) is 14.1. The SMILES string of the molecule is CCOc1ccccc1C(Br)Cc1ccccc1F. The maximum Gasteiger partial charge on any atom is 0.126 e. The fraction of sp³-hybridized carbons (Fsp3) is 0.250. The Labute approximate surface area is 121 Å². The summed E-state index contributed by atoms with van der Waals surface area (Å²) < 4.78 is 19.3. The lowest BCUT2D eigenvalue weighted by Crippen LogP contribution is -2.02. The minimum absolute atomic E-state index is 0.0344. The third-order valence-corrected chi connectivity index (χ3v) is 3.73. The molecule has 1 nitrogen and oxygen atoms in total. The Bertz CT molecular complexity index is 542. The standard InChI is InChI=1S/C16H16BrFO/c1-2-19-16-10-6-4-8-13(16)14(17)11-12-7-3-5-9-15(12)18/h3-10,14H,2,11H2,1H3. The third kappa shape index (κ3) is 3.57. The molecule has 0 fully saturated rings. The summed E-state index contributed by atoms with van der Waals surface area (Å²) in [5, 5.41) is 0. The van der Waals surface area contributed by atoms with E-state index in [1.54, 1.807) is 6.07 Å². The number of benzene rings is 2. The summed E-state index contributed by atoms with van der Waals surface area (Å²) in [5.41, 5.74) is 1.75. The van der Waals surface area contributed by atoms with Crippen LogP contribution in [0.2, 0.25) is 0 Å². The molecule has 2 aromatic rings. The number of ether oxygens (including phenoxy) is 1. The van der Waals surface area contributed by atoms with Crippen LogP contribution in [-0.2, 0) is 6.42 Å². The molecule has 0 saturated heterocycles. The van der Waals surface area contributed by atoms with Gasteiger partial charge in [0.25, 0.3) is 0 Å². The summed E-state index contributed by atoms with van der Waals surface area (Å²) in [6, 6.07) is 14.7. The predicted molar refractivity (Wildman–Crippen MR) is 79.4 cm³/mol. The van der Waals surface area contributed by atoms with Gasteiger partial charge in [-0.2, -0.15) is 0 Å². The quantitative estimate of drug-likeness (QED) is 0.711. The molecule has 2 rings (SSSR count). The van der Waals surface area contributed by atoms with Crippen molar-refractivity contribution in [3.63, 3.8) is 0 Å². The van der Waals surface area contributed by atoms with E-state index in [2.05, 4.69) is 15.9 Å². The fourth-order valence-corrected chi connectivity index (χ4v) is 2.72. The van der Waals surface area contributed by atoms with Gasteiger partial charge in [0.15, 0.2) is 0 Å². The Hall–Kier alpha value is -1.35. The molecule has 0 aliphatic carbocycles. The average Bonchev–Trinajstić information content (AvgIpc) is 2.42. The number of rotatable bonds is 5. The third-order valence-electron chi connectivity index (χ3n) is 2.91. The van der Waals surface area contributed by atoms with E-state index in [0.717, 1.165) is 11.3 Å². The summed E-state index contributed by atoms with van der Waals surface area (Å²) in [6.45, 7) is 2.58. The van der Waals surface area contributed by atoms with Gasteiger partial charge in [0, 0.05) is 10.4 Å². The average molecular weight is 323 g/mol. The molecule has 3 heteroatoms. The molecule has 0 aromatic heterocycles. The van der Waals surface area contributed by atoms with Crippen molar-refractivity contribution in [1.82, 2.24) is 0 Å². The van der Waals surface area contributed by atoms with Gasteiger partial charge in [-0.1, -0.05) is 52.3 Å². The van der Waals surface area contributed by atoms with Gasteiger partial charge in [0.1, 0.15) is 11.6 Å². The van der Waals surface area contributed by atoms with Crippen molar-refractivity contribution in [1.29, 1.82) is 0 Å². The Morgan fingerprint density at radius 2 is 1.79 bits per heavy atom. The molecular formula is C16H16BrFO. The molecule has 0 saturated carbocycles. The van der Waals surface area contributed by atoms with E-state index in [-0.39, 0.29) is 10.6 Å². The van der Waals surface area contributed by atoms with Crippen LogP contribution in [0.3, 0.4) is 0 Å². The Kier molecular flexibility index (Phi) is 4.97. The second-order valence-corrected chi connectivity index (χ2v) is 5.34. The molecule has 0 N–H and O–H groups in total. The van der Waals surface area contributed by atoms with Gasteiger partial charge in [0.2, 0.25) is 0 Å². The Balaban J connectivity index is 2.20. The zero-order chi connectivity index (χ0) is 13.7. The molecule has 0 spiro atoms. The molecule has 0 aliphatic rings. The first-order valence-corrected chi connectivity index (χ1v) is 7.23. The zero-order valence-corrected chi connectivity index (χ0v) is 12.4. The zero-order valence-electron chi connectivity index (χ0n) is 10.8. The molecule has 2 aromatic carbocycles. The second-order valence-electron chi connectivity index (χ2n) is 4.23. The summed E-state index contributed by atoms with van der Waals surface area (Å²) in [4.78, 5) is 0.0344. The fourth-order valence-electron chi connectivity index (χ4n) is 1.99. The van der Waals surface area contributed by atoms with Gasteiger partial charge in [-0.05, 0) is 31.0 Å². The molecule has 0 aliphatic heterocycles. The van der Waals surface area contributed by atoms with Crippen molar-refractivity contribution >= 4 is 15.9 Å². The summed E-state index contributed by atoms with van der Waals surface area (Å²) >= 11 is 3.63. The lowest BCUT2D eigenvalue weighted by molar-refractivity contribution is 0.336. The van der Waals surface area contributed by atoms with Crippen LogP contribution in [0.1, 0.15) is 22.9 Å². The molecule has 1 atom stereocenters. The molecule has 0 amide bonds. The molecule has 100 valence electrons. The monoisotopic (exact) mass is 322 g/mol. The number of halogens is 2. The van der Waals surface area contributed by atoms with Crippen molar-refractivity contribution < 1.29 is 9.13 Å². The summed E-state index contributed by atoms with van der Waals surface area (Å²) in [5.74, 6) is 0.684. The molecule has 0 radical (unpaired) electrons. The first-order valence-electron chi connectivity index (χ1n) is 6.31. The topological polar surface area (TPSA) is 9.23 Å². The number of hydrogen-bond acceptors (Lipinski definition) is 1. The van der Waals surface area contributed by atoms with Crippen LogP contribution in [0.25, 0.3) is 0 Å². The van der Waals surface area contributed by atoms with E-state index in [0.29, 0.717) is 18.6 Å². The largest absolute Gasteiger partial charge is 0.494 e. The lowest BCUT2D eigenvalue weighted by Gasteiger charge is -2.15. The van der Waals surface area contributed by atoms with Gasteiger partial charge in [-0.15, -0.1) is 0 Å². The van der Waals surface area contributed by atoms with E-state index in [1.807, 2.05) is 43.3 Å². The van der Waals surface area contributed by atoms with E-state index in [9.17, 15) is 4.39 Å². The van der Waals surface area contributed by atoms with Gasteiger partial charge in [-0.25, -0.2) is 4.39 Å². The second kappa shape index (κ2) is 6.71. The van der Waals surface area contributed by atoms with Crippen molar-refractivity contribution in [3.05, 3.63) is 65.5 Å². The number of alkyl halides is 1. The Morgan fingerprint density at radius 1 is 1.11 bits per heavy atom. The van der Waals surface area contributed by atoms with Crippen LogP contribution in [0, 0.1) is 5.82 Å². The van der Waals surface area contributed by atoms with Crippen LogP contribution in [0.4, 0.5) is 4.39 Å². The van der Waals surface area contributed by atoms with Crippen LogP contribution >= 0.6 is 15.9 Å². The van der Waals surface area contributed by atoms with Gasteiger partial charge >= 0.3 is 0 Å². The van der Waals surface area contributed by atoms with E-state index >= 15 is 0 Å². The molecule has 0 bridgehead atoms. The predicted octanol–water partition coefficient (Wildman–Crippen LogP) is 4.90. The maximum absolute atomic E-state index is 13.7. The van der Waals surface area contributed by atoms with E-state index < -0.39 is 0 Å². The highest BCUT2D eigenvalue weighted by Gasteiger charge is 2.15. The molecule has 0 heterocycles. The molecular weight excluding hydrogens is 307 g/mol. The normalized spacial score (nSPS) is 12.2. The van der Waals surface area contributed by atoms with Crippen LogP contribution in [0.15, 0.2) is 48.5 Å². The minimum atomic E-state index is -0.166. The van der Waals surface area contributed by atoms with Crippen molar-refractivity contribution in [3.8, 4) is 5.75 Å².